The molecule has 1 heterocycles. The quantitative estimate of drug-likeness (QED) is 0.858. The smallest absolute Gasteiger partial charge is 0.242 e. The molecular weight excluding hydrogens is 278 g/mol. The minimum atomic E-state index is -0.0702. The van der Waals surface area contributed by atoms with Crippen LogP contribution in [0.15, 0.2) is 30.3 Å². The Labute approximate surface area is 132 Å². The van der Waals surface area contributed by atoms with Crippen molar-refractivity contribution in [2.24, 2.45) is 5.92 Å². The van der Waals surface area contributed by atoms with Crippen molar-refractivity contribution in [1.82, 2.24) is 15.5 Å². The van der Waals surface area contributed by atoms with Crippen LogP contribution in [0.3, 0.4) is 0 Å². The largest absolute Gasteiger partial charge is 0.347 e. The Morgan fingerprint density at radius 3 is 2.73 bits per heavy atom. The molecule has 120 valence electrons. The van der Waals surface area contributed by atoms with Gasteiger partial charge in [-0.3, -0.25) is 9.59 Å². The summed E-state index contributed by atoms with van der Waals surface area (Å²) in [5, 5.41) is 6.10. The summed E-state index contributed by atoms with van der Waals surface area (Å²) in [4.78, 5) is 25.9. The van der Waals surface area contributed by atoms with Gasteiger partial charge >= 0.3 is 0 Å². The van der Waals surface area contributed by atoms with Crippen LogP contribution in [0.1, 0.15) is 25.3 Å². The summed E-state index contributed by atoms with van der Waals surface area (Å²) < 4.78 is 0. The first kappa shape index (κ1) is 16.5. The van der Waals surface area contributed by atoms with Gasteiger partial charge in [-0.25, -0.2) is 0 Å². The number of nitrogens with zero attached hydrogens (tertiary/aromatic N) is 1. The molecule has 1 aromatic carbocycles. The molecule has 0 radical (unpaired) electrons. The van der Waals surface area contributed by atoms with E-state index < -0.39 is 0 Å². The maximum absolute atomic E-state index is 12.1. The van der Waals surface area contributed by atoms with E-state index in [-0.39, 0.29) is 24.3 Å². The average Bonchev–Trinajstić information content (AvgIpc) is 2.53. The van der Waals surface area contributed by atoms with Gasteiger partial charge in [0.1, 0.15) is 0 Å². The van der Waals surface area contributed by atoms with E-state index in [1.54, 1.807) is 11.9 Å². The van der Waals surface area contributed by atoms with Crippen LogP contribution < -0.4 is 10.6 Å². The molecule has 0 bridgehead atoms. The Balaban J connectivity index is 1.75. The number of hydrogen-bond acceptors (Lipinski definition) is 3. The summed E-state index contributed by atoms with van der Waals surface area (Å²) in [5.74, 6) is -0.0579. The van der Waals surface area contributed by atoms with Crippen molar-refractivity contribution in [3.8, 4) is 0 Å². The molecule has 5 nitrogen and oxygen atoms in total. The van der Waals surface area contributed by atoms with Gasteiger partial charge < -0.3 is 15.5 Å². The number of carbonyl (C=O) groups excluding carboxylic acids is 2. The van der Waals surface area contributed by atoms with Crippen LogP contribution in [0.4, 0.5) is 0 Å². The summed E-state index contributed by atoms with van der Waals surface area (Å²) in [6.45, 7) is 3.57. The zero-order valence-electron chi connectivity index (χ0n) is 13.3. The van der Waals surface area contributed by atoms with Gasteiger partial charge in [-0.05, 0) is 31.9 Å². The Bertz CT molecular complexity index is 504. The zero-order chi connectivity index (χ0) is 15.9. The molecule has 0 saturated carbocycles. The van der Waals surface area contributed by atoms with Crippen LogP contribution in [0.2, 0.25) is 0 Å². The molecule has 1 saturated heterocycles. The van der Waals surface area contributed by atoms with Gasteiger partial charge in [0, 0.05) is 25.6 Å². The molecule has 0 aliphatic carbocycles. The topological polar surface area (TPSA) is 61.4 Å². The molecule has 0 aromatic heterocycles. The van der Waals surface area contributed by atoms with E-state index in [0.29, 0.717) is 12.6 Å². The third-order valence-corrected chi connectivity index (χ3v) is 4.10. The minimum absolute atomic E-state index is 0.00480. The SMILES string of the molecule is C[C@H]1C[C@@H](C(=O)NCC(=O)N(C)Cc2ccccc2)CCN1. The Morgan fingerprint density at radius 2 is 2.05 bits per heavy atom. The highest BCUT2D eigenvalue weighted by molar-refractivity contribution is 5.85. The fraction of sp³-hybridized carbons (Fsp3) is 0.529. The third kappa shape index (κ3) is 4.84. The number of hydrogen-bond donors (Lipinski definition) is 2. The van der Waals surface area contributed by atoms with Gasteiger partial charge in [0.15, 0.2) is 0 Å². The third-order valence-electron chi connectivity index (χ3n) is 4.10. The van der Waals surface area contributed by atoms with Crippen LogP contribution in [0.5, 0.6) is 0 Å². The predicted octanol–water partition coefficient (Wildman–Crippen LogP) is 1.15. The van der Waals surface area contributed by atoms with E-state index in [1.807, 2.05) is 30.3 Å². The van der Waals surface area contributed by atoms with Crippen molar-refractivity contribution < 1.29 is 9.59 Å². The zero-order valence-corrected chi connectivity index (χ0v) is 13.3. The number of benzene rings is 1. The molecule has 2 N–H and O–H groups in total. The normalized spacial score (nSPS) is 21.2. The first-order valence-corrected chi connectivity index (χ1v) is 7.85. The van der Waals surface area contributed by atoms with Crippen LogP contribution in [-0.2, 0) is 16.1 Å². The Hall–Kier alpha value is -1.88. The van der Waals surface area contributed by atoms with E-state index in [4.69, 9.17) is 0 Å². The van der Waals surface area contributed by atoms with Crippen LogP contribution in [0, 0.1) is 5.92 Å². The maximum Gasteiger partial charge on any atom is 0.242 e. The molecule has 1 aliphatic rings. The fourth-order valence-corrected chi connectivity index (χ4v) is 2.76. The average molecular weight is 303 g/mol. The lowest BCUT2D eigenvalue weighted by atomic mass is 9.92. The molecule has 5 heteroatoms. The Morgan fingerprint density at radius 1 is 1.32 bits per heavy atom. The molecule has 0 spiro atoms. The number of rotatable bonds is 5. The lowest BCUT2D eigenvalue weighted by Gasteiger charge is -2.27. The number of likely N-dealkylation sites (N-methyl/N-ethyl adjacent to an activating group) is 1. The van der Waals surface area contributed by atoms with E-state index in [9.17, 15) is 9.59 Å². The summed E-state index contributed by atoms with van der Waals surface area (Å²) in [7, 11) is 1.76. The summed E-state index contributed by atoms with van der Waals surface area (Å²) in [6.07, 6.45) is 1.67. The molecule has 22 heavy (non-hydrogen) atoms. The first-order valence-electron chi connectivity index (χ1n) is 7.85. The molecular formula is C17H25N3O2. The molecule has 1 aliphatic heterocycles. The van der Waals surface area contributed by atoms with Gasteiger partial charge in [-0.2, -0.15) is 0 Å². The van der Waals surface area contributed by atoms with Crippen molar-refractivity contribution in [2.45, 2.75) is 32.4 Å². The number of carbonyl (C=O) groups is 2. The highest BCUT2D eigenvalue weighted by atomic mass is 16.2. The lowest BCUT2D eigenvalue weighted by molar-refractivity contribution is -0.133. The molecule has 1 fully saturated rings. The number of piperidine rings is 1. The number of nitrogens with one attached hydrogen (secondary N) is 2. The second-order valence-corrected chi connectivity index (χ2v) is 6.03. The predicted molar refractivity (Wildman–Crippen MR) is 86.1 cm³/mol. The monoisotopic (exact) mass is 303 g/mol. The van der Waals surface area contributed by atoms with Crippen molar-refractivity contribution in [2.75, 3.05) is 20.1 Å². The lowest BCUT2D eigenvalue weighted by Crippen LogP contribution is -2.45. The minimum Gasteiger partial charge on any atom is -0.347 e. The van der Waals surface area contributed by atoms with Gasteiger partial charge in [-0.15, -0.1) is 0 Å². The van der Waals surface area contributed by atoms with Gasteiger partial charge in [0.2, 0.25) is 11.8 Å². The van der Waals surface area contributed by atoms with Crippen molar-refractivity contribution in [1.29, 1.82) is 0 Å². The van der Waals surface area contributed by atoms with E-state index in [2.05, 4.69) is 17.6 Å². The van der Waals surface area contributed by atoms with Crippen molar-refractivity contribution in [3.63, 3.8) is 0 Å². The summed E-state index contributed by atoms with van der Waals surface area (Å²) in [5.41, 5.74) is 1.08. The van der Waals surface area contributed by atoms with Crippen LogP contribution in [-0.4, -0.2) is 42.9 Å². The molecule has 2 amide bonds. The van der Waals surface area contributed by atoms with Crippen molar-refractivity contribution in [3.05, 3.63) is 35.9 Å². The van der Waals surface area contributed by atoms with E-state index in [1.165, 1.54) is 0 Å². The molecule has 1 aromatic rings. The van der Waals surface area contributed by atoms with Gasteiger partial charge in [0.25, 0.3) is 0 Å². The summed E-state index contributed by atoms with van der Waals surface area (Å²) in [6, 6.07) is 10.2. The van der Waals surface area contributed by atoms with Crippen molar-refractivity contribution >= 4 is 11.8 Å². The maximum atomic E-state index is 12.1. The van der Waals surface area contributed by atoms with Gasteiger partial charge in [-0.1, -0.05) is 30.3 Å². The number of amides is 2. The fourth-order valence-electron chi connectivity index (χ4n) is 2.76. The second kappa shape index (κ2) is 7.94. The molecule has 2 rings (SSSR count). The van der Waals surface area contributed by atoms with E-state index in [0.717, 1.165) is 24.9 Å². The standard InChI is InChI=1S/C17H25N3O2/c1-13-10-15(8-9-18-13)17(22)19-11-16(21)20(2)12-14-6-4-3-5-7-14/h3-7,13,15,18H,8-12H2,1-2H3,(H,19,22)/t13-,15-/m0/s1. The van der Waals surface area contributed by atoms with Crippen LogP contribution in [0.25, 0.3) is 0 Å². The van der Waals surface area contributed by atoms with E-state index >= 15 is 0 Å². The second-order valence-electron chi connectivity index (χ2n) is 6.03. The molecule has 0 unspecified atom stereocenters. The first-order chi connectivity index (χ1) is 10.6. The van der Waals surface area contributed by atoms with Gasteiger partial charge in [0.05, 0.1) is 6.54 Å². The van der Waals surface area contributed by atoms with Crippen LogP contribution >= 0.6 is 0 Å². The summed E-state index contributed by atoms with van der Waals surface area (Å²) >= 11 is 0. The highest BCUT2D eigenvalue weighted by Gasteiger charge is 2.25. The highest BCUT2D eigenvalue weighted by Crippen LogP contribution is 2.15. The molecule has 2 atom stereocenters. The Kier molecular flexibility index (Phi) is 5.95.